The first-order valence-electron chi connectivity index (χ1n) is 13.6. The van der Waals surface area contributed by atoms with Gasteiger partial charge in [-0.3, -0.25) is 14.5 Å². The summed E-state index contributed by atoms with van der Waals surface area (Å²) in [7, 11) is 0. The third-order valence-electron chi connectivity index (χ3n) is 7.92. The maximum Gasteiger partial charge on any atom is 0.251 e. The Morgan fingerprint density at radius 3 is 2.26 bits per heavy atom. The third kappa shape index (κ3) is 5.63. The van der Waals surface area contributed by atoms with Gasteiger partial charge in [0.1, 0.15) is 0 Å². The van der Waals surface area contributed by atoms with Gasteiger partial charge in [-0.25, -0.2) is 0 Å². The monoisotopic (exact) mass is 503 g/mol. The lowest BCUT2D eigenvalue weighted by Crippen LogP contribution is -2.44. The summed E-state index contributed by atoms with van der Waals surface area (Å²) in [5, 5.41) is 8.58. The van der Waals surface area contributed by atoms with Crippen molar-refractivity contribution in [2.45, 2.75) is 37.8 Å². The van der Waals surface area contributed by atoms with Crippen molar-refractivity contribution in [2.75, 3.05) is 18.4 Å². The second-order valence-corrected chi connectivity index (χ2v) is 10.6. The molecule has 2 amide bonds. The van der Waals surface area contributed by atoms with Crippen LogP contribution in [-0.2, 0) is 11.3 Å². The molecule has 1 aliphatic carbocycles. The Kier molecular flexibility index (Phi) is 6.93. The van der Waals surface area contributed by atoms with Crippen molar-refractivity contribution < 1.29 is 9.59 Å². The lowest BCUT2D eigenvalue weighted by molar-refractivity contribution is -0.117. The van der Waals surface area contributed by atoms with Gasteiger partial charge in [0.25, 0.3) is 5.91 Å². The van der Waals surface area contributed by atoms with Crippen molar-refractivity contribution in [1.82, 2.24) is 10.2 Å². The maximum absolute atomic E-state index is 12.9. The highest BCUT2D eigenvalue weighted by molar-refractivity contribution is 5.98. The molecule has 0 spiro atoms. The van der Waals surface area contributed by atoms with Crippen LogP contribution < -0.4 is 10.6 Å². The van der Waals surface area contributed by atoms with Gasteiger partial charge in [0.15, 0.2) is 0 Å². The van der Waals surface area contributed by atoms with Crippen LogP contribution in [0.3, 0.4) is 0 Å². The van der Waals surface area contributed by atoms with E-state index in [0.717, 1.165) is 60.9 Å². The molecule has 2 atom stereocenters. The molecule has 0 bridgehead atoms. The predicted molar refractivity (Wildman–Crippen MR) is 152 cm³/mol. The summed E-state index contributed by atoms with van der Waals surface area (Å²) in [5.41, 5.74) is 3.96. The highest BCUT2D eigenvalue weighted by atomic mass is 16.2. The molecule has 38 heavy (non-hydrogen) atoms. The number of piperidine rings is 1. The Morgan fingerprint density at radius 1 is 0.789 bits per heavy atom. The first kappa shape index (κ1) is 24.4. The minimum Gasteiger partial charge on any atom is -0.349 e. The SMILES string of the molecule is O=C(NC1CCN(Cc2ccccc2)CC1)c1ccc([C@@H]2C[C@H]2C(=O)Nc2ccc3ccccc3c2)cc1. The number of rotatable bonds is 7. The van der Waals surface area contributed by atoms with E-state index in [1.165, 1.54) is 5.56 Å². The number of hydrogen-bond acceptors (Lipinski definition) is 3. The van der Waals surface area contributed by atoms with E-state index in [1.54, 1.807) is 0 Å². The number of carbonyl (C=O) groups excluding carboxylic acids is 2. The van der Waals surface area contributed by atoms with Crippen LogP contribution in [-0.4, -0.2) is 35.8 Å². The lowest BCUT2D eigenvalue weighted by Gasteiger charge is -2.32. The minimum atomic E-state index is -0.0257. The molecule has 5 nitrogen and oxygen atoms in total. The Labute approximate surface area is 223 Å². The van der Waals surface area contributed by atoms with Gasteiger partial charge in [-0.15, -0.1) is 0 Å². The van der Waals surface area contributed by atoms with E-state index < -0.39 is 0 Å². The topological polar surface area (TPSA) is 61.4 Å². The standard InChI is InChI=1S/C33H33N3O2/c37-32(34-28-16-18-36(19-17-28)22-23-6-2-1-3-7-23)26-12-10-25(11-13-26)30-21-31(30)33(38)35-29-15-14-24-8-4-5-9-27(24)20-29/h1-15,20,28,30-31H,16-19,21-22H2,(H,34,37)(H,35,38)/t30-,31+/m0/s1. The summed E-state index contributed by atoms with van der Waals surface area (Å²) in [4.78, 5) is 28.2. The fraction of sp³-hybridized carbons (Fsp3) is 0.273. The normalized spacial score (nSPS) is 19.7. The zero-order valence-corrected chi connectivity index (χ0v) is 21.5. The van der Waals surface area contributed by atoms with Crippen molar-refractivity contribution >= 4 is 28.3 Å². The van der Waals surface area contributed by atoms with E-state index in [9.17, 15) is 9.59 Å². The number of nitrogens with zero attached hydrogens (tertiary/aromatic N) is 1. The van der Waals surface area contributed by atoms with Crippen LogP contribution in [0, 0.1) is 5.92 Å². The molecule has 4 aromatic carbocycles. The van der Waals surface area contributed by atoms with Crippen molar-refractivity contribution in [1.29, 1.82) is 0 Å². The van der Waals surface area contributed by atoms with Crippen LogP contribution in [0.4, 0.5) is 5.69 Å². The van der Waals surface area contributed by atoms with E-state index in [-0.39, 0.29) is 29.7 Å². The zero-order chi connectivity index (χ0) is 25.9. The molecular formula is C33H33N3O2. The highest BCUT2D eigenvalue weighted by Gasteiger charge is 2.44. The molecule has 1 heterocycles. The Morgan fingerprint density at radius 2 is 1.50 bits per heavy atom. The second kappa shape index (κ2) is 10.8. The number of likely N-dealkylation sites (tertiary alicyclic amines) is 1. The molecular weight excluding hydrogens is 470 g/mol. The summed E-state index contributed by atoms with van der Waals surface area (Å²) in [5.74, 6) is 0.230. The van der Waals surface area contributed by atoms with Gasteiger partial charge in [-0.2, -0.15) is 0 Å². The average Bonchev–Trinajstić information content (AvgIpc) is 3.76. The molecule has 6 rings (SSSR count). The molecule has 1 saturated carbocycles. The van der Waals surface area contributed by atoms with Crippen LogP contribution in [0.15, 0.2) is 97.1 Å². The van der Waals surface area contributed by atoms with Crippen molar-refractivity contribution in [3.63, 3.8) is 0 Å². The molecule has 2 fully saturated rings. The fourth-order valence-corrected chi connectivity index (χ4v) is 5.58. The maximum atomic E-state index is 12.9. The van der Waals surface area contributed by atoms with Gasteiger partial charge in [0, 0.05) is 42.8 Å². The molecule has 0 aromatic heterocycles. The predicted octanol–water partition coefficient (Wildman–Crippen LogP) is 5.98. The highest BCUT2D eigenvalue weighted by Crippen LogP contribution is 2.48. The summed E-state index contributed by atoms with van der Waals surface area (Å²) in [6.07, 6.45) is 2.77. The molecule has 0 unspecified atom stereocenters. The van der Waals surface area contributed by atoms with Crippen molar-refractivity contribution in [2.24, 2.45) is 5.92 Å². The lowest BCUT2D eigenvalue weighted by atomic mass is 10.0. The molecule has 1 saturated heterocycles. The third-order valence-corrected chi connectivity index (χ3v) is 7.92. The van der Waals surface area contributed by atoms with E-state index in [0.29, 0.717) is 5.56 Å². The van der Waals surface area contributed by atoms with Gasteiger partial charge in [0.05, 0.1) is 0 Å². The van der Waals surface area contributed by atoms with Gasteiger partial charge in [-0.1, -0.05) is 72.8 Å². The molecule has 192 valence electrons. The average molecular weight is 504 g/mol. The minimum absolute atomic E-state index is 0.0144. The van der Waals surface area contributed by atoms with E-state index >= 15 is 0 Å². The van der Waals surface area contributed by atoms with Gasteiger partial charge >= 0.3 is 0 Å². The second-order valence-electron chi connectivity index (χ2n) is 10.6. The molecule has 5 heteroatoms. The van der Waals surface area contributed by atoms with E-state index in [2.05, 4.69) is 51.9 Å². The Balaban J connectivity index is 0.979. The fourth-order valence-electron chi connectivity index (χ4n) is 5.58. The molecule has 2 aliphatic rings. The largest absolute Gasteiger partial charge is 0.349 e. The van der Waals surface area contributed by atoms with Crippen molar-refractivity contribution in [3.05, 3.63) is 114 Å². The number of carbonyl (C=O) groups is 2. The molecule has 2 N–H and O–H groups in total. The Bertz CT molecular complexity index is 1430. The number of amides is 2. The van der Waals surface area contributed by atoms with Gasteiger partial charge in [-0.05, 0) is 71.3 Å². The number of benzene rings is 4. The first-order valence-corrected chi connectivity index (χ1v) is 13.6. The number of nitrogens with one attached hydrogen (secondary N) is 2. The quantitative estimate of drug-likeness (QED) is 0.326. The van der Waals surface area contributed by atoms with Gasteiger partial charge < -0.3 is 10.6 Å². The van der Waals surface area contributed by atoms with Crippen molar-refractivity contribution in [3.8, 4) is 0 Å². The molecule has 4 aromatic rings. The number of fused-ring (bicyclic) bond motifs is 1. The summed E-state index contributed by atoms with van der Waals surface area (Å²) < 4.78 is 0. The first-order chi connectivity index (χ1) is 18.6. The van der Waals surface area contributed by atoms with Crippen LogP contribution in [0.25, 0.3) is 10.8 Å². The zero-order valence-electron chi connectivity index (χ0n) is 21.5. The summed E-state index contributed by atoms with van der Waals surface area (Å²) >= 11 is 0. The smallest absolute Gasteiger partial charge is 0.251 e. The van der Waals surface area contributed by atoms with E-state index in [4.69, 9.17) is 0 Å². The summed E-state index contributed by atoms with van der Waals surface area (Å²) in [6.45, 7) is 2.94. The van der Waals surface area contributed by atoms with Gasteiger partial charge in [0.2, 0.25) is 5.91 Å². The number of anilines is 1. The summed E-state index contributed by atoms with van der Waals surface area (Å²) in [6, 6.07) is 32.7. The van der Waals surface area contributed by atoms with E-state index in [1.807, 2.05) is 60.7 Å². The number of hydrogen-bond donors (Lipinski definition) is 2. The molecule has 1 aliphatic heterocycles. The van der Waals surface area contributed by atoms with Crippen LogP contribution >= 0.6 is 0 Å². The molecule has 0 radical (unpaired) electrons. The van der Waals surface area contributed by atoms with Crippen LogP contribution in [0.2, 0.25) is 0 Å². The van der Waals surface area contributed by atoms with Crippen LogP contribution in [0.5, 0.6) is 0 Å². The Hall–Kier alpha value is -3.96. The van der Waals surface area contributed by atoms with Crippen LogP contribution in [0.1, 0.15) is 46.7 Å².